The number of aromatic nitrogens is 2. The van der Waals surface area contributed by atoms with Gasteiger partial charge in [-0.3, -0.25) is 4.79 Å². The highest BCUT2D eigenvalue weighted by atomic mass is 79.9. The highest BCUT2D eigenvalue weighted by Gasteiger charge is 2.15. The molecule has 2 aromatic heterocycles. The molecule has 0 aliphatic carbocycles. The first-order valence-corrected chi connectivity index (χ1v) is 7.04. The molecule has 0 atom stereocenters. The number of aromatic amines is 1. The Hall–Kier alpha value is -0.880. The molecular formula is C12H12Br2N2O2. The van der Waals surface area contributed by atoms with Gasteiger partial charge in [-0.05, 0) is 44.7 Å². The fourth-order valence-corrected chi connectivity index (χ4v) is 2.43. The quantitative estimate of drug-likeness (QED) is 0.863. The van der Waals surface area contributed by atoms with Gasteiger partial charge < -0.3 is 9.40 Å². The lowest BCUT2D eigenvalue weighted by Gasteiger charge is -2.08. The van der Waals surface area contributed by atoms with Crippen molar-refractivity contribution in [2.45, 2.75) is 26.7 Å². The molecule has 2 rings (SSSR count). The van der Waals surface area contributed by atoms with Crippen LogP contribution in [0.4, 0.5) is 0 Å². The van der Waals surface area contributed by atoms with E-state index in [1.807, 2.05) is 20.8 Å². The third-order valence-electron chi connectivity index (χ3n) is 2.60. The average molecular weight is 376 g/mol. The van der Waals surface area contributed by atoms with Gasteiger partial charge in [-0.1, -0.05) is 13.8 Å². The van der Waals surface area contributed by atoms with Crippen LogP contribution < -0.4 is 5.56 Å². The summed E-state index contributed by atoms with van der Waals surface area (Å²) in [4.78, 5) is 19.1. The van der Waals surface area contributed by atoms with Gasteiger partial charge in [0.05, 0.1) is 4.47 Å². The number of hydrogen-bond acceptors (Lipinski definition) is 3. The van der Waals surface area contributed by atoms with Crippen molar-refractivity contribution in [1.82, 2.24) is 9.97 Å². The predicted molar refractivity (Wildman–Crippen MR) is 76.8 cm³/mol. The summed E-state index contributed by atoms with van der Waals surface area (Å²) in [5.74, 6) is 1.10. The van der Waals surface area contributed by atoms with Gasteiger partial charge in [-0.2, -0.15) is 0 Å². The summed E-state index contributed by atoms with van der Waals surface area (Å²) in [7, 11) is 0. The summed E-state index contributed by atoms with van der Waals surface area (Å²) in [6.45, 7) is 5.78. The lowest BCUT2D eigenvalue weighted by molar-refractivity contribution is 0.548. The van der Waals surface area contributed by atoms with E-state index >= 15 is 0 Å². The van der Waals surface area contributed by atoms with Crippen molar-refractivity contribution in [3.63, 3.8) is 0 Å². The minimum atomic E-state index is -0.115. The third kappa shape index (κ3) is 2.44. The third-order valence-corrected chi connectivity index (χ3v) is 4.31. The van der Waals surface area contributed by atoms with Crippen LogP contribution in [0.5, 0.6) is 0 Å². The van der Waals surface area contributed by atoms with Gasteiger partial charge in [0, 0.05) is 17.3 Å². The summed E-state index contributed by atoms with van der Waals surface area (Å²) < 4.78 is 6.81. The van der Waals surface area contributed by atoms with E-state index in [0.717, 1.165) is 10.2 Å². The molecule has 0 aromatic carbocycles. The first-order chi connectivity index (χ1) is 8.40. The van der Waals surface area contributed by atoms with Crippen LogP contribution in [-0.4, -0.2) is 9.97 Å². The smallest absolute Gasteiger partial charge is 0.254 e. The van der Waals surface area contributed by atoms with E-state index in [-0.39, 0.29) is 11.5 Å². The van der Waals surface area contributed by atoms with Crippen molar-refractivity contribution in [3.8, 4) is 11.6 Å². The predicted octanol–water partition coefficient (Wildman–Crippen LogP) is 3.99. The van der Waals surface area contributed by atoms with E-state index in [1.54, 1.807) is 6.07 Å². The van der Waals surface area contributed by atoms with E-state index in [0.29, 0.717) is 21.8 Å². The van der Waals surface area contributed by atoms with Gasteiger partial charge in [-0.15, -0.1) is 0 Å². The van der Waals surface area contributed by atoms with Crippen LogP contribution in [0.2, 0.25) is 0 Å². The van der Waals surface area contributed by atoms with Gasteiger partial charge in [0.1, 0.15) is 0 Å². The molecule has 0 spiro atoms. The largest absolute Gasteiger partial charge is 0.445 e. The Bertz CT molecular complexity index is 625. The molecule has 0 amide bonds. The summed E-state index contributed by atoms with van der Waals surface area (Å²) in [5, 5.41) is 0. The van der Waals surface area contributed by atoms with Gasteiger partial charge in [0.15, 0.2) is 16.3 Å². The van der Waals surface area contributed by atoms with Gasteiger partial charge in [0.2, 0.25) is 0 Å². The van der Waals surface area contributed by atoms with Crippen LogP contribution in [0.3, 0.4) is 0 Å². The maximum atomic E-state index is 12.0. The number of aryl methyl sites for hydroxylation is 1. The molecule has 18 heavy (non-hydrogen) atoms. The Morgan fingerprint density at radius 3 is 2.50 bits per heavy atom. The van der Waals surface area contributed by atoms with Crippen LogP contribution in [0.1, 0.15) is 31.0 Å². The van der Waals surface area contributed by atoms with E-state index in [2.05, 4.69) is 41.8 Å². The van der Waals surface area contributed by atoms with Crippen molar-refractivity contribution in [2.24, 2.45) is 0 Å². The Kier molecular flexibility index (Phi) is 3.77. The molecule has 0 bridgehead atoms. The second-order valence-electron chi connectivity index (χ2n) is 4.30. The van der Waals surface area contributed by atoms with Crippen LogP contribution in [0.15, 0.2) is 24.4 Å². The first kappa shape index (κ1) is 13.5. The summed E-state index contributed by atoms with van der Waals surface area (Å²) >= 11 is 6.58. The molecular weight excluding hydrogens is 364 g/mol. The highest BCUT2D eigenvalue weighted by molar-refractivity contribution is 9.13. The lowest BCUT2D eigenvalue weighted by Crippen LogP contribution is -2.18. The summed E-state index contributed by atoms with van der Waals surface area (Å²) in [6.07, 6.45) is 0. The number of halogens is 2. The number of nitrogens with zero attached hydrogens (tertiary/aromatic N) is 1. The van der Waals surface area contributed by atoms with Crippen molar-refractivity contribution in [1.29, 1.82) is 0 Å². The van der Waals surface area contributed by atoms with Gasteiger partial charge in [-0.25, -0.2) is 4.98 Å². The average Bonchev–Trinajstić information content (AvgIpc) is 2.57. The zero-order chi connectivity index (χ0) is 13.4. The maximum absolute atomic E-state index is 12.0. The Balaban J connectivity index is 2.58. The molecule has 0 radical (unpaired) electrons. The topological polar surface area (TPSA) is 58.9 Å². The van der Waals surface area contributed by atoms with Crippen LogP contribution >= 0.6 is 31.9 Å². The van der Waals surface area contributed by atoms with Gasteiger partial charge >= 0.3 is 0 Å². The zero-order valence-corrected chi connectivity index (χ0v) is 13.3. The van der Waals surface area contributed by atoms with E-state index in [9.17, 15) is 4.79 Å². The summed E-state index contributed by atoms with van der Waals surface area (Å²) in [6, 6.07) is 1.76. The van der Waals surface area contributed by atoms with E-state index in [1.165, 1.54) is 0 Å². The molecule has 0 aliphatic rings. The molecule has 6 heteroatoms. The molecule has 1 N–H and O–H groups in total. The number of rotatable bonds is 2. The Labute approximate surface area is 121 Å². The van der Waals surface area contributed by atoms with Crippen molar-refractivity contribution >= 4 is 31.9 Å². The summed E-state index contributed by atoms with van der Waals surface area (Å²) in [5.41, 5.74) is 1.33. The molecule has 2 aromatic rings. The fourth-order valence-electron chi connectivity index (χ4n) is 1.86. The lowest BCUT2D eigenvalue weighted by atomic mass is 10.0. The first-order valence-electron chi connectivity index (χ1n) is 5.46. The minimum absolute atomic E-state index is 0.115. The van der Waals surface area contributed by atoms with Gasteiger partial charge in [0.25, 0.3) is 5.56 Å². The van der Waals surface area contributed by atoms with Crippen molar-refractivity contribution in [2.75, 3.05) is 0 Å². The van der Waals surface area contributed by atoms with Crippen LogP contribution in [-0.2, 0) is 0 Å². The van der Waals surface area contributed by atoms with Crippen LogP contribution in [0.25, 0.3) is 11.6 Å². The number of furan rings is 1. The second kappa shape index (κ2) is 5.01. The molecule has 2 heterocycles. The SMILES string of the molecule is Cc1nc(-c2cc(Br)c(Br)o2)[nH]c(=O)c1C(C)C. The molecule has 0 saturated heterocycles. The molecule has 0 aliphatic heterocycles. The fraction of sp³-hybridized carbons (Fsp3) is 0.333. The molecule has 96 valence electrons. The van der Waals surface area contributed by atoms with Crippen LogP contribution in [0, 0.1) is 6.92 Å². The highest BCUT2D eigenvalue weighted by Crippen LogP contribution is 2.31. The monoisotopic (exact) mass is 374 g/mol. The standard InChI is InChI=1S/C12H12Br2N2O2/c1-5(2)9-6(3)15-11(16-12(9)17)8-4-7(13)10(14)18-8/h4-5H,1-3H3,(H,15,16,17). The molecule has 0 unspecified atom stereocenters. The maximum Gasteiger partial charge on any atom is 0.254 e. The Morgan fingerprint density at radius 2 is 2.06 bits per heavy atom. The Morgan fingerprint density at radius 1 is 1.39 bits per heavy atom. The van der Waals surface area contributed by atoms with Crippen molar-refractivity contribution in [3.05, 3.63) is 36.8 Å². The number of hydrogen-bond donors (Lipinski definition) is 1. The second-order valence-corrected chi connectivity index (χ2v) is 5.88. The van der Waals surface area contributed by atoms with E-state index < -0.39 is 0 Å². The minimum Gasteiger partial charge on any atom is -0.445 e. The normalized spacial score (nSPS) is 11.2. The van der Waals surface area contributed by atoms with Crippen molar-refractivity contribution < 1.29 is 4.42 Å². The number of nitrogens with one attached hydrogen (secondary N) is 1. The number of H-pyrrole nitrogens is 1. The van der Waals surface area contributed by atoms with E-state index in [4.69, 9.17) is 4.42 Å². The zero-order valence-electron chi connectivity index (χ0n) is 10.2. The molecule has 0 saturated carbocycles. The molecule has 4 nitrogen and oxygen atoms in total. The molecule has 0 fully saturated rings.